The summed E-state index contributed by atoms with van der Waals surface area (Å²) in [6.07, 6.45) is 2.77. The van der Waals surface area contributed by atoms with Crippen molar-refractivity contribution in [1.29, 1.82) is 0 Å². The smallest absolute Gasteiger partial charge is 0.253 e. The van der Waals surface area contributed by atoms with E-state index in [-0.39, 0.29) is 11.8 Å². The van der Waals surface area contributed by atoms with Gasteiger partial charge in [0.15, 0.2) is 0 Å². The van der Waals surface area contributed by atoms with Crippen molar-refractivity contribution in [1.82, 2.24) is 4.90 Å². The zero-order valence-electron chi connectivity index (χ0n) is 15.6. The van der Waals surface area contributed by atoms with Crippen molar-refractivity contribution in [2.24, 2.45) is 0 Å². The molecule has 0 saturated carbocycles. The fourth-order valence-corrected chi connectivity index (χ4v) is 4.02. The Kier molecular flexibility index (Phi) is 4.84. The van der Waals surface area contributed by atoms with E-state index in [0.29, 0.717) is 6.04 Å². The molecule has 0 aromatic heterocycles. The molecule has 0 unspecified atom stereocenters. The number of nitrogens with zero attached hydrogens (tertiary/aromatic N) is 2. The van der Waals surface area contributed by atoms with Crippen LogP contribution in [-0.2, 0) is 11.2 Å². The van der Waals surface area contributed by atoms with Gasteiger partial charge >= 0.3 is 0 Å². The van der Waals surface area contributed by atoms with E-state index in [1.54, 1.807) is 6.92 Å². The molecule has 0 bridgehead atoms. The lowest BCUT2D eigenvalue weighted by Gasteiger charge is -2.33. The van der Waals surface area contributed by atoms with Crippen LogP contribution < -0.4 is 10.2 Å². The first-order valence-electron chi connectivity index (χ1n) is 9.64. The Hall–Kier alpha value is -2.82. The minimum atomic E-state index is 0.0960. The summed E-state index contributed by atoms with van der Waals surface area (Å²) in [7, 11) is 0. The van der Waals surface area contributed by atoms with E-state index in [2.05, 4.69) is 23.5 Å². The molecule has 5 nitrogen and oxygen atoms in total. The van der Waals surface area contributed by atoms with E-state index in [1.165, 1.54) is 5.56 Å². The van der Waals surface area contributed by atoms with E-state index in [4.69, 9.17) is 0 Å². The summed E-state index contributed by atoms with van der Waals surface area (Å²) in [4.78, 5) is 28.1. The van der Waals surface area contributed by atoms with Gasteiger partial charge in [-0.05, 0) is 49.1 Å². The summed E-state index contributed by atoms with van der Waals surface area (Å²) in [5, 5.41) is 3.59. The highest BCUT2D eigenvalue weighted by Gasteiger charge is 2.25. The molecule has 4 rings (SSSR count). The Balaban J connectivity index is 1.37. The van der Waals surface area contributed by atoms with E-state index in [0.717, 1.165) is 55.8 Å². The third-order valence-corrected chi connectivity index (χ3v) is 5.53. The predicted molar refractivity (Wildman–Crippen MR) is 107 cm³/mol. The summed E-state index contributed by atoms with van der Waals surface area (Å²) in [6, 6.07) is 16.1. The van der Waals surface area contributed by atoms with Crippen molar-refractivity contribution in [3.05, 3.63) is 59.7 Å². The lowest BCUT2D eigenvalue weighted by molar-refractivity contribution is -0.116. The molecule has 0 radical (unpaired) electrons. The van der Waals surface area contributed by atoms with Crippen LogP contribution in [0.5, 0.6) is 0 Å². The molecular weight excluding hydrogens is 338 g/mol. The molecule has 2 aromatic carbocycles. The van der Waals surface area contributed by atoms with Crippen LogP contribution in [0.1, 0.15) is 35.7 Å². The minimum absolute atomic E-state index is 0.0960. The fourth-order valence-electron chi connectivity index (χ4n) is 4.02. The summed E-state index contributed by atoms with van der Waals surface area (Å²) >= 11 is 0. The average molecular weight is 363 g/mol. The Labute approximate surface area is 160 Å². The number of hydrogen-bond acceptors (Lipinski definition) is 3. The fraction of sp³-hybridized carbons (Fsp3) is 0.364. The molecule has 0 aliphatic carbocycles. The summed E-state index contributed by atoms with van der Waals surface area (Å²) in [5.74, 6) is 0.210. The van der Waals surface area contributed by atoms with Gasteiger partial charge in [0.25, 0.3) is 5.91 Å². The lowest BCUT2D eigenvalue weighted by atomic mass is 10.0. The van der Waals surface area contributed by atoms with E-state index in [9.17, 15) is 9.59 Å². The Morgan fingerprint density at radius 1 is 1.00 bits per heavy atom. The van der Waals surface area contributed by atoms with Crippen LogP contribution in [0.4, 0.5) is 11.4 Å². The van der Waals surface area contributed by atoms with Gasteiger partial charge in [0, 0.05) is 49.5 Å². The number of amides is 2. The molecule has 2 aromatic rings. The van der Waals surface area contributed by atoms with Crippen LogP contribution in [0, 0.1) is 0 Å². The van der Waals surface area contributed by atoms with Crippen LogP contribution in [0.25, 0.3) is 0 Å². The highest BCUT2D eigenvalue weighted by Crippen LogP contribution is 2.31. The van der Waals surface area contributed by atoms with Gasteiger partial charge in [0.05, 0.1) is 0 Å². The number of carbonyl (C=O) groups is 2. The van der Waals surface area contributed by atoms with Crippen molar-refractivity contribution >= 4 is 23.2 Å². The number of hydrogen-bond donors (Lipinski definition) is 1. The number of anilines is 2. The first-order valence-corrected chi connectivity index (χ1v) is 9.64. The second kappa shape index (κ2) is 7.43. The molecule has 140 valence electrons. The second-order valence-corrected chi connectivity index (χ2v) is 7.34. The molecule has 1 saturated heterocycles. The number of fused-ring (bicyclic) bond motifs is 1. The Morgan fingerprint density at radius 3 is 2.44 bits per heavy atom. The van der Waals surface area contributed by atoms with Crippen molar-refractivity contribution in [3.63, 3.8) is 0 Å². The molecule has 0 spiro atoms. The molecule has 2 amide bonds. The SMILES string of the molecule is CC(=O)N1CCc2ccc(NC3CCN(C(=O)c4ccccc4)CC3)cc21. The maximum absolute atomic E-state index is 12.6. The van der Waals surface area contributed by atoms with Gasteiger partial charge in [0.2, 0.25) is 5.91 Å². The number of piperidine rings is 1. The standard InChI is InChI=1S/C22H25N3O2/c1-16(26)25-14-9-17-7-8-20(15-21(17)25)23-19-10-12-24(13-11-19)22(27)18-5-3-2-4-6-18/h2-8,15,19,23H,9-14H2,1H3. The molecule has 1 N–H and O–H groups in total. The van der Waals surface area contributed by atoms with Crippen molar-refractivity contribution in [2.75, 3.05) is 29.9 Å². The number of carbonyl (C=O) groups excluding carboxylic acids is 2. The monoisotopic (exact) mass is 363 g/mol. The highest BCUT2D eigenvalue weighted by atomic mass is 16.2. The van der Waals surface area contributed by atoms with Crippen LogP contribution >= 0.6 is 0 Å². The molecule has 0 atom stereocenters. The van der Waals surface area contributed by atoms with Gasteiger partial charge in [-0.15, -0.1) is 0 Å². The first-order chi connectivity index (χ1) is 13.1. The molecule has 2 heterocycles. The van der Waals surface area contributed by atoms with Crippen LogP contribution in [0.2, 0.25) is 0 Å². The normalized spacial score (nSPS) is 16.9. The number of nitrogens with one attached hydrogen (secondary N) is 1. The van der Waals surface area contributed by atoms with E-state index < -0.39 is 0 Å². The van der Waals surface area contributed by atoms with Gasteiger partial charge in [-0.1, -0.05) is 24.3 Å². The van der Waals surface area contributed by atoms with Crippen molar-refractivity contribution in [3.8, 4) is 0 Å². The molecule has 1 fully saturated rings. The number of rotatable bonds is 3. The topological polar surface area (TPSA) is 52.7 Å². The summed E-state index contributed by atoms with van der Waals surface area (Å²) < 4.78 is 0. The zero-order valence-corrected chi connectivity index (χ0v) is 15.6. The Bertz CT molecular complexity index is 842. The maximum atomic E-state index is 12.6. The van der Waals surface area contributed by atoms with Gasteiger partial charge in [-0.3, -0.25) is 9.59 Å². The molecule has 5 heteroatoms. The van der Waals surface area contributed by atoms with Crippen LogP contribution in [0.15, 0.2) is 48.5 Å². The predicted octanol–water partition coefficient (Wildman–Crippen LogP) is 3.31. The van der Waals surface area contributed by atoms with Gasteiger partial charge in [-0.25, -0.2) is 0 Å². The second-order valence-electron chi connectivity index (χ2n) is 7.34. The van der Waals surface area contributed by atoms with Crippen molar-refractivity contribution < 1.29 is 9.59 Å². The molecule has 2 aliphatic rings. The van der Waals surface area contributed by atoms with Gasteiger partial charge < -0.3 is 15.1 Å². The summed E-state index contributed by atoms with van der Waals surface area (Å²) in [6.45, 7) is 3.91. The van der Waals surface area contributed by atoms with Crippen molar-refractivity contribution in [2.45, 2.75) is 32.2 Å². The average Bonchev–Trinajstić information content (AvgIpc) is 3.12. The van der Waals surface area contributed by atoms with Crippen LogP contribution in [-0.4, -0.2) is 42.4 Å². The summed E-state index contributed by atoms with van der Waals surface area (Å²) in [5.41, 5.74) is 4.07. The van der Waals surface area contributed by atoms with E-state index in [1.807, 2.05) is 40.1 Å². The minimum Gasteiger partial charge on any atom is -0.382 e. The van der Waals surface area contributed by atoms with Gasteiger partial charge in [-0.2, -0.15) is 0 Å². The van der Waals surface area contributed by atoms with Crippen LogP contribution in [0.3, 0.4) is 0 Å². The largest absolute Gasteiger partial charge is 0.382 e. The molecule has 2 aliphatic heterocycles. The Morgan fingerprint density at radius 2 is 1.74 bits per heavy atom. The molecular formula is C22H25N3O2. The number of likely N-dealkylation sites (tertiary alicyclic amines) is 1. The first kappa shape index (κ1) is 17.6. The van der Waals surface area contributed by atoms with E-state index >= 15 is 0 Å². The lowest BCUT2D eigenvalue weighted by Crippen LogP contribution is -2.42. The van der Waals surface area contributed by atoms with Gasteiger partial charge in [0.1, 0.15) is 0 Å². The maximum Gasteiger partial charge on any atom is 0.253 e. The highest BCUT2D eigenvalue weighted by molar-refractivity contribution is 5.95. The third kappa shape index (κ3) is 3.68. The number of benzene rings is 2. The third-order valence-electron chi connectivity index (χ3n) is 5.53. The zero-order chi connectivity index (χ0) is 18.8. The molecule has 27 heavy (non-hydrogen) atoms. The quantitative estimate of drug-likeness (QED) is 0.910.